The Hall–Kier alpha value is -1.35. The molecule has 2 rings (SSSR count). The van der Waals surface area contributed by atoms with E-state index >= 15 is 0 Å². The molecule has 1 aromatic heterocycles. The van der Waals surface area contributed by atoms with Gasteiger partial charge in [0, 0.05) is 36.1 Å². The van der Waals surface area contributed by atoms with Gasteiger partial charge in [-0.3, -0.25) is 4.98 Å². The van der Waals surface area contributed by atoms with Gasteiger partial charge < -0.3 is 4.90 Å². The molecule has 0 aliphatic rings. The Kier molecular flexibility index (Phi) is 3.79. The maximum Gasteiger partial charge on any atom is 0.0441 e. The zero-order valence-corrected chi connectivity index (χ0v) is 11.6. The molecule has 0 atom stereocenters. The summed E-state index contributed by atoms with van der Waals surface area (Å²) in [5.74, 6) is 0. The number of halogens is 1. The van der Waals surface area contributed by atoms with Crippen molar-refractivity contribution in [2.24, 2.45) is 0 Å². The van der Waals surface area contributed by atoms with Gasteiger partial charge in [0.15, 0.2) is 0 Å². The molecule has 88 valence electrons. The summed E-state index contributed by atoms with van der Waals surface area (Å²) in [4.78, 5) is 6.41. The molecule has 0 spiro atoms. The van der Waals surface area contributed by atoms with E-state index in [2.05, 4.69) is 70.1 Å². The minimum atomic E-state index is 0.858. The first-order valence-electron chi connectivity index (χ1n) is 5.53. The molecule has 0 N–H and O–H groups in total. The average Bonchev–Trinajstić information content (AvgIpc) is 2.29. The number of hydrogen-bond donors (Lipinski definition) is 0. The van der Waals surface area contributed by atoms with Crippen LogP contribution < -0.4 is 4.90 Å². The van der Waals surface area contributed by atoms with Gasteiger partial charge >= 0.3 is 0 Å². The van der Waals surface area contributed by atoms with Crippen LogP contribution in [0.2, 0.25) is 0 Å². The Balaban J connectivity index is 2.17. The quantitative estimate of drug-likeness (QED) is 0.855. The predicted octanol–water partition coefficient (Wildman–Crippen LogP) is 3.79. The molecule has 2 aromatic rings. The van der Waals surface area contributed by atoms with Crippen LogP contribution in [0, 0.1) is 6.92 Å². The summed E-state index contributed by atoms with van der Waals surface area (Å²) in [5, 5.41) is 0. The first-order chi connectivity index (χ1) is 8.16. The number of benzene rings is 1. The zero-order valence-electron chi connectivity index (χ0n) is 10.0. The molecule has 0 saturated carbocycles. The number of para-hydroxylation sites is 1. The lowest BCUT2D eigenvalue weighted by Gasteiger charge is -2.21. The van der Waals surface area contributed by atoms with Gasteiger partial charge in [0.2, 0.25) is 0 Å². The van der Waals surface area contributed by atoms with Crippen LogP contribution >= 0.6 is 15.9 Å². The van der Waals surface area contributed by atoms with Crippen LogP contribution in [-0.4, -0.2) is 12.0 Å². The summed E-state index contributed by atoms with van der Waals surface area (Å²) < 4.78 is 1.02. The minimum Gasteiger partial charge on any atom is -0.370 e. The summed E-state index contributed by atoms with van der Waals surface area (Å²) >= 11 is 3.44. The Morgan fingerprint density at radius 3 is 2.71 bits per heavy atom. The monoisotopic (exact) mass is 290 g/mol. The van der Waals surface area contributed by atoms with Gasteiger partial charge in [0.1, 0.15) is 0 Å². The van der Waals surface area contributed by atoms with Gasteiger partial charge in [-0.25, -0.2) is 0 Å². The molecule has 1 heterocycles. The number of nitrogens with zero attached hydrogens (tertiary/aromatic N) is 2. The van der Waals surface area contributed by atoms with Gasteiger partial charge in [-0.05, 0) is 46.1 Å². The Labute approximate surface area is 110 Å². The maximum atomic E-state index is 4.18. The van der Waals surface area contributed by atoms with Gasteiger partial charge in [0.05, 0.1) is 0 Å². The molecule has 2 nitrogen and oxygen atoms in total. The molecule has 0 amide bonds. The summed E-state index contributed by atoms with van der Waals surface area (Å²) in [7, 11) is 2.10. The SMILES string of the molecule is Cc1ccccc1N(C)Cc1cncc(Br)c1. The molecule has 3 heteroatoms. The molecular formula is C14H15BrN2. The zero-order chi connectivity index (χ0) is 12.3. The highest BCUT2D eigenvalue weighted by Crippen LogP contribution is 2.20. The smallest absolute Gasteiger partial charge is 0.0441 e. The molecule has 0 aliphatic heterocycles. The fourth-order valence-electron chi connectivity index (χ4n) is 1.89. The lowest BCUT2D eigenvalue weighted by Crippen LogP contribution is -2.17. The van der Waals surface area contributed by atoms with Crippen LogP contribution in [0.5, 0.6) is 0 Å². The second kappa shape index (κ2) is 5.32. The van der Waals surface area contributed by atoms with Gasteiger partial charge in [-0.2, -0.15) is 0 Å². The Morgan fingerprint density at radius 1 is 1.24 bits per heavy atom. The topological polar surface area (TPSA) is 16.1 Å². The van der Waals surface area contributed by atoms with Crippen molar-refractivity contribution >= 4 is 21.6 Å². The summed E-state index contributed by atoms with van der Waals surface area (Å²) in [5.41, 5.74) is 3.75. The van der Waals surface area contributed by atoms with Crippen LogP contribution in [0.3, 0.4) is 0 Å². The van der Waals surface area contributed by atoms with E-state index in [9.17, 15) is 0 Å². The third-order valence-corrected chi connectivity index (χ3v) is 3.14. The van der Waals surface area contributed by atoms with Crippen molar-refractivity contribution < 1.29 is 0 Å². The van der Waals surface area contributed by atoms with E-state index in [1.54, 1.807) is 6.20 Å². The number of rotatable bonds is 3. The highest BCUT2D eigenvalue weighted by Gasteiger charge is 2.05. The lowest BCUT2D eigenvalue weighted by atomic mass is 10.1. The molecule has 0 aliphatic carbocycles. The fraction of sp³-hybridized carbons (Fsp3) is 0.214. The lowest BCUT2D eigenvalue weighted by molar-refractivity contribution is 0.908. The molecule has 17 heavy (non-hydrogen) atoms. The highest BCUT2D eigenvalue weighted by molar-refractivity contribution is 9.10. The van der Waals surface area contributed by atoms with Crippen LogP contribution in [0.1, 0.15) is 11.1 Å². The van der Waals surface area contributed by atoms with Crippen LogP contribution in [0.4, 0.5) is 5.69 Å². The van der Waals surface area contributed by atoms with Crippen molar-refractivity contribution in [2.45, 2.75) is 13.5 Å². The minimum absolute atomic E-state index is 0.858. The molecular weight excluding hydrogens is 276 g/mol. The fourth-order valence-corrected chi connectivity index (χ4v) is 2.31. The number of aromatic nitrogens is 1. The van der Waals surface area contributed by atoms with Crippen LogP contribution in [0.25, 0.3) is 0 Å². The molecule has 0 radical (unpaired) electrons. The number of aryl methyl sites for hydroxylation is 1. The highest BCUT2D eigenvalue weighted by atomic mass is 79.9. The summed E-state index contributed by atoms with van der Waals surface area (Å²) in [6.07, 6.45) is 3.71. The Bertz CT molecular complexity index is 511. The standard InChI is InChI=1S/C14H15BrN2/c1-11-5-3-4-6-14(11)17(2)10-12-7-13(15)9-16-8-12/h3-9H,10H2,1-2H3. The van der Waals surface area contributed by atoms with Gasteiger partial charge in [-0.1, -0.05) is 18.2 Å². The molecule has 0 fully saturated rings. The van der Waals surface area contributed by atoms with Crippen LogP contribution in [0.15, 0.2) is 47.2 Å². The van der Waals surface area contributed by atoms with E-state index in [1.807, 2.05) is 6.20 Å². The van der Waals surface area contributed by atoms with Gasteiger partial charge in [0.25, 0.3) is 0 Å². The van der Waals surface area contributed by atoms with Crippen molar-refractivity contribution in [2.75, 3.05) is 11.9 Å². The van der Waals surface area contributed by atoms with Crippen LogP contribution in [-0.2, 0) is 6.54 Å². The third kappa shape index (κ3) is 3.07. The largest absolute Gasteiger partial charge is 0.370 e. The van der Waals surface area contributed by atoms with E-state index in [-0.39, 0.29) is 0 Å². The molecule has 0 unspecified atom stereocenters. The van der Waals surface area contributed by atoms with E-state index in [1.165, 1.54) is 16.8 Å². The second-order valence-corrected chi connectivity index (χ2v) is 5.07. The Morgan fingerprint density at radius 2 is 2.00 bits per heavy atom. The van der Waals surface area contributed by atoms with Crippen molar-refractivity contribution in [1.82, 2.24) is 4.98 Å². The van der Waals surface area contributed by atoms with Gasteiger partial charge in [-0.15, -0.1) is 0 Å². The van der Waals surface area contributed by atoms with E-state index in [0.29, 0.717) is 0 Å². The predicted molar refractivity (Wildman–Crippen MR) is 75.2 cm³/mol. The first kappa shape index (κ1) is 12.1. The van der Waals surface area contributed by atoms with E-state index < -0.39 is 0 Å². The molecule has 0 saturated heterocycles. The van der Waals surface area contributed by atoms with Crippen molar-refractivity contribution in [3.8, 4) is 0 Å². The normalized spacial score (nSPS) is 10.3. The van der Waals surface area contributed by atoms with E-state index in [0.717, 1.165) is 11.0 Å². The van der Waals surface area contributed by atoms with Crippen molar-refractivity contribution in [3.05, 3.63) is 58.3 Å². The average molecular weight is 291 g/mol. The summed E-state index contributed by atoms with van der Waals surface area (Å²) in [6.45, 7) is 2.99. The number of anilines is 1. The van der Waals surface area contributed by atoms with Crippen molar-refractivity contribution in [1.29, 1.82) is 0 Å². The maximum absolute atomic E-state index is 4.18. The molecule has 1 aromatic carbocycles. The third-order valence-electron chi connectivity index (χ3n) is 2.71. The van der Waals surface area contributed by atoms with E-state index in [4.69, 9.17) is 0 Å². The first-order valence-corrected chi connectivity index (χ1v) is 6.32. The number of pyridine rings is 1. The molecule has 0 bridgehead atoms. The summed E-state index contributed by atoms with van der Waals surface area (Å²) in [6, 6.07) is 10.5. The number of hydrogen-bond acceptors (Lipinski definition) is 2. The second-order valence-electron chi connectivity index (χ2n) is 4.15. The van der Waals surface area contributed by atoms with Crippen molar-refractivity contribution in [3.63, 3.8) is 0 Å².